The number of hydrogen-bond donors (Lipinski definition) is 2. The summed E-state index contributed by atoms with van der Waals surface area (Å²) < 4.78 is 0. The van der Waals surface area contributed by atoms with E-state index in [9.17, 15) is 10.1 Å². The number of amides is 1. The van der Waals surface area contributed by atoms with Gasteiger partial charge in [-0.3, -0.25) is 4.79 Å². The zero-order valence-electron chi connectivity index (χ0n) is 12.1. The molecular formula is C14H20N4OS. The van der Waals surface area contributed by atoms with Gasteiger partial charge in [0.15, 0.2) is 0 Å². The highest BCUT2D eigenvalue weighted by atomic mass is 32.1. The number of nitrogens with zero attached hydrogens (tertiary/aromatic N) is 2. The molecule has 108 valence electrons. The van der Waals surface area contributed by atoms with Gasteiger partial charge in [0.25, 0.3) is 5.91 Å². The molecule has 1 aromatic rings. The van der Waals surface area contributed by atoms with Crippen molar-refractivity contribution in [2.75, 3.05) is 30.8 Å². The molecule has 2 heterocycles. The molecule has 0 aromatic carbocycles. The third kappa shape index (κ3) is 2.59. The second-order valence-electron chi connectivity index (χ2n) is 5.87. The summed E-state index contributed by atoms with van der Waals surface area (Å²) in [4.78, 5) is 14.4. The van der Waals surface area contributed by atoms with Gasteiger partial charge < -0.3 is 16.0 Å². The molecular weight excluding hydrogens is 272 g/mol. The van der Waals surface area contributed by atoms with Crippen molar-refractivity contribution >= 4 is 27.9 Å². The van der Waals surface area contributed by atoms with E-state index in [-0.39, 0.29) is 5.91 Å². The van der Waals surface area contributed by atoms with Crippen molar-refractivity contribution < 1.29 is 4.79 Å². The Balaban J connectivity index is 2.33. The second-order valence-corrected chi connectivity index (χ2v) is 6.87. The van der Waals surface area contributed by atoms with E-state index in [4.69, 9.17) is 5.73 Å². The van der Waals surface area contributed by atoms with Crippen LogP contribution >= 0.6 is 11.3 Å². The zero-order chi connectivity index (χ0) is 14.9. The minimum Gasteiger partial charge on any atom is -0.396 e. The summed E-state index contributed by atoms with van der Waals surface area (Å²) in [5.74, 6) is -0.229. The summed E-state index contributed by atoms with van der Waals surface area (Å²) in [6.45, 7) is 6.31. The first-order valence-electron chi connectivity index (χ1n) is 6.69. The summed E-state index contributed by atoms with van der Waals surface area (Å²) in [5, 5.41) is 12.7. The molecule has 1 aliphatic rings. The van der Waals surface area contributed by atoms with Crippen LogP contribution in [0.1, 0.15) is 41.9 Å². The van der Waals surface area contributed by atoms with Crippen LogP contribution in [0.4, 0.5) is 10.7 Å². The first-order chi connectivity index (χ1) is 9.39. The van der Waals surface area contributed by atoms with Crippen LogP contribution in [0.25, 0.3) is 0 Å². The average molecular weight is 292 g/mol. The molecule has 20 heavy (non-hydrogen) atoms. The Bertz CT molecular complexity index is 560. The molecule has 2 rings (SSSR count). The number of thiophene rings is 1. The molecule has 1 aliphatic heterocycles. The van der Waals surface area contributed by atoms with E-state index < -0.39 is 0 Å². The predicted molar refractivity (Wildman–Crippen MR) is 82.1 cm³/mol. The Labute approximate surface area is 123 Å². The second kappa shape index (κ2) is 5.33. The average Bonchev–Trinajstić information content (AvgIpc) is 2.75. The van der Waals surface area contributed by atoms with Crippen molar-refractivity contribution in [3.05, 3.63) is 10.4 Å². The van der Waals surface area contributed by atoms with Crippen LogP contribution in [-0.4, -0.2) is 26.0 Å². The molecule has 0 saturated carbocycles. The van der Waals surface area contributed by atoms with Gasteiger partial charge in [-0.15, -0.1) is 11.3 Å². The van der Waals surface area contributed by atoms with Crippen LogP contribution in [0.3, 0.4) is 0 Å². The quantitative estimate of drug-likeness (QED) is 0.875. The highest BCUT2D eigenvalue weighted by molar-refractivity contribution is 7.19. The molecule has 1 saturated heterocycles. The molecule has 6 heteroatoms. The van der Waals surface area contributed by atoms with Gasteiger partial charge in [-0.2, -0.15) is 5.26 Å². The zero-order valence-corrected chi connectivity index (χ0v) is 12.9. The Morgan fingerprint density at radius 2 is 2.05 bits per heavy atom. The summed E-state index contributed by atoms with van der Waals surface area (Å²) in [7, 11) is 1.57. The number of nitrogens with one attached hydrogen (secondary N) is 1. The largest absolute Gasteiger partial charge is 0.396 e. The molecule has 0 atom stereocenters. The lowest BCUT2D eigenvalue weighted by atomic mass is 9.83. The van der Waals surface area contributed by atoms with Crippen LogP contribution in [0.15, 0.2) is 0 Å². The lowest BCUT2D eigenvalue weighted by molar-refractivity contribution is 0.0968. The Morgan fingerprint density at radius 3 is 2.55 bits per heavy atom. The Morgan fingerprint density at radius 1 is 1.45 bits per heavy atom. The van der Waals surface area contributed by atoms with Crippen LogP contribution in [0, 0.1) is 16.7 Å². The van der Waals surface area contributed by atoms with Crippen LogP contribution in [-0.2, 0) is 0 Å². The molecule has 1 aromatic heterocycles. The number of anilines is 2. The van der Waals surface area contributed by atoms with Gasteiger partial charge in [-0.1, -0.05) is 13.8 Å². The van der Waals surface area contributed by atoms with Gasteiger partial charge in [0.05, 0.1) is 5.69 Å². The third-order valence-corrected chi connectivity index (χ3v) is 5.14. The molecule has 1 amide bonds. The number of nitrogens with two attached hydrogens (primary N) is 1. The number of piperidine rings is 1. The first kappa shape index (κ1) is 14.7. The highest BCUT2D eigenvalue weighted by Crippen LogP contribution is 2.41. The van der Waals surface area contributed by atoms with Crippen molar-refractivity contribution in [1.82, 2.24) is 5.32 Å². The lowest BCUT2D eigenvalue weighted by Crippen LogP contribution is -2.37. The molecule has 3 N–H and O–H groups in total. The SMILES string of the molecule is CNC(=O)c1sc(N2CCC(C)(C)CC2)c(C#N)c1N. The first-order valence-corrected chi connectivity index (χ1v) is 7.50. The molecule has 0 bridgehead atoms. The summed E-state index contributed by atoms with van der Waals surface area (Å²) in [6, 6.07) is 2.14. The van der Waals surface area contributed by atoms with Crippen molar-refractivity contribution in [3.63, 3.8) is 0 Å². The fraction of sp³-hybridized carbons (Fsp3) is 0.571. The minimum atomic E-state index is -0.229. The van der Waals surface area contributed by atoms with Crippen molar-refractivity contribution in [1.29, 1.82) is 5.26 Å². The number of rotatable bonds is 2. The Kier molecular flexibility index (Phi) is 3.91. The van der Waals surface area contributed by atoms with Crippen LogP contribution in [0.5, 0.6) is 0 Å². The van der Waals surface area contributed by atoms with Gasteiger partial charge in [0.2, 0.25) is 0 Å². The monoisotopic (exact) mass is 292 g/mol. The van der Waals surface area contributed by atoms with E-state index in [0.29, 0.717) is 21.5 Å². The number of carbonyl (C=O) groups excluding carboxylic acids is 1. The molecule has 0 aliphatic carbocycles. The van der Waals surface area contributed by atoms with E-state index in [2.05, 4.69) is 30.1 Å². The molecule has 0 spiro atoms. The smallest absolute Gasteiger partial charge is 0.263 e. The van der Waals surface area contributed by atoms with Gasteiger partial charge >= 0.3 is 0 Å². The van der Waals surface area contributed by atoms with E-state index in [1.54, 1.807) is 7.05 Å². The molecule has 5 nitrogen and oxygen atoms in total. The van der Waals surface area contributed by atoms with Crippen molar-refractivity contribution in [2.24, 2.45) is 5.41 Å². The molecule has 0 radical (unpaired) electrons. The maximum Gasteiger partial charge on any atom is 0.263 e. The fourth-order valence-corrected chi connectivity index (χ4v) is 3.53. The van der Waals surface area contributed by atoms with E-state index >= 15 is 0 Å². The van der Waals surface area contributed by atoms with Crippen molar-refractivity contribution in [3.8, 4) is 6.07 Å². The fourth-order valence-electron chi connectivity index (χ4n) is 2.36. The summed E-state index contributed by atoms with van der Waals surface area (Å²) in [6.07, 6.45) is 2.15. The molecule has 1 fully saturated rings. The Hall–Kier alpha value is -1.74. The summed E-state index contributed by atoms with van der Waals surface area (Å²) >= 11 is 1.32. The van der Waals surface area contributed by atoms with Crippen LogP contribution < -0.4 is 16.0 Å². The summed E-state index contributed by atoms with van der Waals surface area (Å²) in [5.41, 5.74) is 7.04. The number of nitriles is 1. The highest BCUT2D eigenvalue weighted by Gasteiger charge is 2.29. The standard InChI is InChI=1S/C14H20N4OS/c1-14(2)4-6-18(7-5-14)13-9(8-15)10(16)11(20-13)12(19)17-3/h4-7,16H2,1-3H3,(H,17,19). The van der Waals surface area contributed by atoms with E-state index in [1.165, 1.54) is 11.3 Å². The van der Waals surface area contributed by atoms with Gasteiger partial charge in [0, 0.05) is 20.1 Å². The number of nitrogen functional groups attached to an aromatic ring is 1. The minimum absolute atomic E-state index is 0.229. The lowest BCUT2D eigenvalue weighted by Gasteiger charge is -2.37. The maximum absolute atomic E-state index is 11.8. The predicted octanol–water partition coefficient (Wildman–Crippen LogP) is 2.19. The van der Waals surface area contributed by atoms with Gasteiger partial charge in [-0.05, 0) is 18.3 Å². The number of carbonyl (C=O) groups is 1. The van der Waals surface area contributed by atoms with Gasteiger partial charge in [0.1, 0.15) is 21.5 Å². The van der Waals surface area contributed by atoms with Crippen molar-refractivity contribution in [2.45, 2.75) is 26.7 Å². The van der Waals surface area contributed by atoms with Gasteiger partial charge in [-0.25, -0.2) is 0 Å². The molecule has 0 unspecified atom stereocenters. The third-order valence-electron chi connectivity index (χ3n) is 3.88. The van der Waals surface area contributed by atoms with Crippen LogP contribution in [0.2, 0.25) is 0 Å². The maximum atomic E-state index is 11.8. The topological polar surface area (TPSA) is 82.2 Å². The number of hydrogen-bond acceptors (Lipinski definition) is 5. The van der Waals surface area contributed by atoms with E-state index in [1.807, 2.05) is 0 Å². The normalized spacial score (nSPS) is 17.6. The van der Waals surface area contributed by atoms with E-state index in [0.717, 1.165) is 30.9 Å².